The normalized spacial score (nSPS) is 13.8. The molecule has 0 aromatic carbocycles. The molecule has 0 spiro atoms. The lowest BCUT2D eigenvalue weighted by Crippen LogP contribution is -2.46. The van der Waals surface area contributed by atoms with Gasteiger partial charge in [-0.3, -0.25) is 9.59 Å². The van der Waals surface area contributed by atoms with Gasteiger partial charge < -0.3 is 20.3 Å². The predicted molar refractivity (Wildman–Crippen MR) is 278 cm³/mol. The zero-order valence-electron chi connectivity index (χ0n) is 42.1. The van der Waals surface area contributed by atoms with E-state index in [1.807, 2.05) is 0 Å². The van der Waals surface area contributed by atoms with Gasteiger partial charge in [0.15, 0.2) is 0 Å². The molecule has 64 heavy (non-hydrogen) atoms. The van der Waals surface area contributed by atoms with Crippen LogP contribution in [0, 0.1) is 0 Å². The first-order valence-electron chi connectivity index (χ1n) is 27.2. The highest BCUT2D eigenvalue weighted by Gasteiger charge is 2.24. The minimum absolute atomic E-state index is 0.0515. The van der Waals surface area contributed by atoms with E-state index in [-0.39, 0.29) is 24.9 Å². The molecule has 0 rings (SSSR count). The van der Waals surface area contributed by atoms with E-state index in [1.54, 1.807) is 0 Å². The fourth-order valence-corrected chi connectivity index (χ4v) is 7.92. The minimum Gasteiger partial charge on any atom is -0.462 e. The van der Waals surface area contributed by atoms with E-state index in [4.69, 9.17) is 4.74 Å². The molecule has 0 heterocycles. The Hall–Kier alpha value is -2.70. The zero-order chi connectivity index (χ0) is 46.7. The number of amides is 1. The Morgan fingerprint density at radius 3 is 1.31 bits per heavy atom. The van der Waals surface area contributed by atoms with Crippen molar-refractivity contribution < 1.29 is 24.5 Å². The molecule has 0 radical (unpaired) electrons. The van der Waals surface area contributed by atoms with Gasteiger partial charge in [-0.05, 0) is 96.3 Å². The summed E-state index contributed by atoms with van der Waals surface area (Å²) in [5, 5.41) is 23.7. The molecule has 370 valence electrons. The number of esters is 1. The highest BCUT2D eigenvalue weighted by Crippen LogP contribution is 2.17. The second kappa shape index (κ2) is 51.3. The number of aliphatic hydroxyl groups is 2. The maximum absolute atomic E-state index is 13.2. The number of ether oxygens (including phenoxy) is 1. The van der Waals surface area contributed by atoms with Crippen LogP contribution in [-0.2, 0) is 14.3 Å². The first-order valence-corrected chi connectivity index (χ1v) is 27.2. The first kappa shape index (κ1) is 61.3. The fraction of sp³-hybridized carbons (Fsp3) is 0.759. The highest BCUT2D eigenvalue weighted by atomic mass is 16.5. The molecule has 0 saturated heterocycles. The maximum atomic E-state index is 13.2. The van der Waals surface area contributed by atoms with Gasteiger partial charge in [-0.25, -0.2) is 0 Å². The van der Waals surface area contributed by atoms with Crippen LogP contribution in [-0.4, -0.2) is 46.9 Å². The van der Waals surface area contributed by atoms with Crippen molar-refractivity contribution in [3.8, 4) is 0 Å². The van der Waals surface area contributed by atoms with Crippen LogP contribution in [0.3, 0.4) is 0 Å². The van der Waals surface area contributed by atoms with Crippen LogP contribution in [0.15, 0.2) is 72.9 Å². The molecule has 0 aliphatic heterocycles. The summed E-state index contributed by atoms with van der Waals surface area (Å²) >= 11 is 0. The van der Waals surface area contributed by atoms with Crippen LogP contribution in [0.2, 0.25) is 0 Å². The summed E-state index contributed by atoms with van der Waals surface area (Å²) in [6, 6.07) is -0.715. The number of carbonyl (C=O) groups excluding carboxylic acids is 2. The number of nitrogens with one attached hydrogen (secondary N) is 1. The van der Waals surface area contributed by atoms with Gasteiger partial charge in [0.25, 0.3) is 0 Å². The highest BCUT2D eigenvalue weighted by molar-refractivity contribution is 5.77. The van der Waals surface area contributed by atoms with E-state index >= 15 is 0 Å². The Kier molecular flexibility index (Phi) is 49.1. The summed E-state index contributed by atoms with van der Waals surface area (Å²) < 4.78 is 5.93. The van der Waals surface area contributed by atoms with E-state index in [2.05, 4.69) is 99.0 Å². The summed E-state index contributed by atoms with van der Waals surface area (Å²) in [5.41, 5.74) is 0. The molecule has 0 fully saturated rings. The van der Waals surface area contributed by atoms with E-state index in [0.29, 0.717) is 19.3 Å². The standard InChI is InChI=1S/C58H103NO5/c1-4-7-10-13-16-19-22-24-26-28-29-30-32-34-36-39-42-45-48-51-58(63)64-54(49-46-43-40-37-35-33-31-27-25-23-20-17-14-11-8-5-2)52-57(62)59-55(53-60)56(61)50-47-44-41-38-21-18-15-12-9-6-3/h7,10,16,19,24,26,29-30,33-36,54-56,60-61H,4-6,8-9,11-15,17-18,20-23,25,27-28,31-32,37-53H2,1-3H3,(H,59,62)/b10-7-,19-16-,26-24-,30-29-,35-33+,36-34-. The van der Waals surface area contributed by atoms with Crippen LogP contribution in [0.1, 0.15) is 258 Å². The Bertz CT molecular complexity index is 1190. The number of allylic oxidation sites excluding steroid dienone is 12. The van der Waals surface area contributed by atoms with Gasteiger partial charge >= 0.3 is 5.97 Å². The second-order valence-corrected chi connectivity index (χ2v) is 18.2. The van der Waals surface area contributed by atoms with Gasteiger partial charge in [0.05, 0.1) is 25.2 Å². The third-order valence-corrected chi connectivity index (χ3v) is 12.0. The largest absolute Gasteiger partial charge is 0.462 e. The van der Waals surface area contributed by atoms with Crippen molar-refractivity contribution in [2.75, 3.05) is 6.61 Å². The van der Waals surface area contributed by atoms with Gasteiger partial charge in [-0.2, -0.15) is 0 Å². The first-order chi connectivity index (χ1) is 31.5. The number of aliphatic hydroxyl groups excluding tert-OH is 2. The van der Waals surface area contributed by atoms with E-state index in [1.165, 1.54) is 103 Å². The smallest absolute Gasteiger partial charge is 0.306 e. The van der Waals surface area contributed by atoms with Crippen LogP contribution in [0.5, 0.6) is 0 Å². The molecule has 6 heteroatoms. The molecule has 0 aliphatic carbocycles. The molecule has 6 nitrogen and oxygen atoms in total. The monoisotopic (exact) mass is 894 g/mol. The van der Waals surface area contributed by atoms with Gasteiger partial charge in [0.2, 0.25) is 5.91 Å². The maximum Gasteiger partial charge on any atom is 0.306 e. The van der Waals surface area contributed by atoms with Crippen LogP contribution in [0.25, 0.3) is 0 Å². The molecule has 0 aromatic heterocycles. The Balaban J connectivity index is 4.65. The number of hydrogen-bond donors (Lipinski definition) is 3. The molecule has 3 atom stereocenters. The van der Waals surface area contributed by atoms with Crippen molar-refractivity contribution in [3.05, 3.63) is 72.9 Å². The molecule has 0 saturated carbocycles. The molecular formula is C58H103NO5. The Morgan fingerprint density at radius 2 is 0.844 bits per heavy atom. The molecule has 0 aromatic rings. The molecular weight excluding hydrogens is 791 g/mol. The second-order valence-electron chi connectivity index (χ2n) is 18.2. The van der Waals surface area contributed by atoms with Crippen molar-refractivity contribution >= 4 is 11.9 Å². The van der Waals surface area contributed by atoms with E-state index < -0.39 is 18.2 Å². The average molecular weight is 894 g/mol. The topological polar surface area (TPSA) is 95.9 Å². The molecule has 3 N–H and O–H groups in total. The van der Waals surface area contributed by atoms with Crippen LogP contribution >= 0.6 is 0 Å². The van der Waals surface area contributed by atoms with Crippen molar-refractivity contribution in [1.82, 2.24) is 5.32 Å². The van der Waals surface area contributed by atoms with Crippen LogP contribution in [0.4, 0.5) is 0 Å². The lowest BCUT2D eigenvalue weighted by Gasteiger charge is -2.24. The van der Waals surface area contributed by atoms with Gasteiger partial charge in [-0.1, -0.05) is 222 Å². The quantitative estimate of drug-likeness (QED) is 0.0321. The molecule has 3 unspecified atom stereocenters. The fourth-order valence-electron chi connectivity index (χ4n) is 7.92. The summed E-state index contributed by atoms with van der Waals surface area (Å²) in [4.78, 5) is 26.2. The van der Waals surface area contributed by atoms with E-state index in [9.17, 15) is 19.8 Å². The summed E-state index contributed by atoms with van der Waals surface area (Å²) in [7, 11) is 0. The van der Waals surface area contributed by atoms with Crippen molar-refractivity contribution in [1.29, 1.82) is 0 Å². The van der Waals surface area contributed by atoms with Gasteiger partial charge in [0, 0.05) is 6.42 Å². The number of hydrogen-bond acceptors (Lipinski definition) is 5. The third-order valence-electron chi connectivity index (χ3n) is 12.0. The van der Waals surface area contributed by atoms with Crippen molar-refractivity contribution in [2.45, 2.75) is 277 Å². The third kappa shape index (κ3) is 45.9. The number of unbranched alkanes of at least 4 members (excludes halogenated alkanes) is 24. The average Bonchev–Trinajstić information content (AvgIpc) is 3.29. The van der Waals surface area contributed by atoms with Crippen molar-refractivity contribution in [3.63, 3.8) is 0 Å². The Labute approximate surface area is 396 Å². The van der Waals surface area contributed by atoms with Crippen molar-refractivity contribution in [2.24, 2.45) is 0 Å². The Morgan fingerprint density at radius 1 is 0.469 bits per heavy atom. The lowest BCUT2D eigenvalue weighted by molar-refractivity contribution is -0.151. The molecule has 0 aliphatic rings. The predicted octanol–water partition coefficient (Wildman–Crippen LogP) is 16.6. The van der Waals surface area contributed by atoms with E-state index in [0.717, 1.165) is 109 Å². The summed E-state index contributed by atoms with van der Waals surface area (Å²) in [6.45, 7) is 6.35. The van der Waals surface area contributed by atoms with Gasteiger partial charge in [-0.15, -0.1) is 0 Å². The number of carbonyl (C=O) groups is 2. The molecule has 1 amide bonds. The SMILES string of the molecule is CC/C=C\C/C=C\C/C=C\C/C=C\C/C=C\CCCCCC(=O)OC(CCCCC/C=C/CCCCCCCCCCC)CC(=O)NC(CO)C(O)CCCCCCCCCCCC. The van der Waals surface area contributed by atoms with Crippen LogP contribution < -0.4 is 5.32 Å². The molecule has 0 bridgehead atoms. The number of rotatable bonds is 48. The zero-order valence-corrected chi connectivity index (χ0v) is 42.1. The minimum atomic E-state index is -0.799. The lowest BCUT2D eigenvalue weighted by atomic mass is 10.0. The summed E-state index contributed by atoms with van der Waals surface area (Å²) in [5.74, 6) is -0.526. The van der Waals surface area contributed by atoms with Gasteiger partial charge in [0.1, 0.15) is 6.10 Å². The summed E-state index contributed by atoms with van der Waals surface area (Å²) in [6.07, 6.45) is 65.4.